The molecule has 0 atom stereocenters. The SMILES string of the molecule is CNc1cncc(C(=O)Nc2ccc(C)c(F)c2)n1. The summed E-state index contributed by atoms with van der Waals surface area (Å²) in [5.41, 5.74) is 1.06. The van der Waals surface area contributed by atoms with Gasteiger partial charge in [-0.3, -0.25) is 9.78 Å². The summed E-state index contributed by atoms with van der Waals surface area (Å²) in [5, 5.41) is 5.36. The van der Waals surface area contributed by atoms with Gasteiger partial charge in [0.05, 0.1) is 12.4 Å². The van der Waals surface area contributed by atoms with Crippen molar-refractivity contribution in [3.05, 3.63) is 47.7 Å². The van der Waals surface area contributed by atoms with Crippen molar-refractivity contribution in [2.75, 3.05) is 17.7 Å². The van der Waals surface area contributed by atoms with E-state index < -0.39 is 5.91 Å². The molecule has 0 radical (unpaired) electrons. The van der Waals surface area contributed by atoms with Gasteiger partial charge < -0.3 is 10.6 Å². The summed E-state index contributed by atoms with van der Waals surface area (Å²) < 4.78 is 13.4. The summed E-state index contributed by atoms with van der Waals surface area (Å²) in [6.07, 6.45) is 2.85. The van der Waals surface area contributed by atoms with Crippen LogP contribution in [0.25, 0.3) is 0 Å². The quantitative estimate of drug-likeness (QED) is 0.888. The molecule has 1 aromatic heterocycles. The molecule has 0 saturated heterocycles. The normalized spacial score (nSPS) is 10.1. The average Bonchev–Trinajstić information content (AvgIpc) is 2.43. The second-order valence-corrected chi connectivity index (χ2v) is 3.96. The Morgan fingerprint density at radius 3 is 2.79 bits per heavy atom. The number of aromatic nitrogens is 2. The second kappa shape index (κ2) is 5.43. The summed E-state index contributed by atoms with van der Waals surface area (Å²) in [5.74, 6) is -0.316. The zero-order valence-corrected chi connectivity index (χ0v) is 10.6. The Morgan fingerprint density at radius 2 is 2.11 bits per heavy atom. The Hall–Kier alpha value is -2.50. The van der Waals surface area contributed by atoms with Crippen molar-refractivity contribution in [3.8, 4) is 0 Å². The van der Waals surface area contributed by atoms with Gasteiger partial charge in [0.2, 0.25) is 0 Å². The molecule has 5 nitrogen and oxygen atoms in total. The molecule has 0 bridgehead atoms. The first-order valence-electron chi connectivity index (χ1n) is 5.67. The molecular weight excluding hydrogens is 247 g/mol. The Labute approximate surface area is 109 Å². The lowest BCUT2D eigenvalue weighted by atomic mass is 10.2. The molecule has 1 heterocycles. The van der Waals surface area contributed by atoms with Crippen molar-refractivity contribution in [3.63, 3.8) is 0 Å². The Bertz CT molecular complexity index is 615. The summed E-state index contributed by atoms with van der Waals surface area (Å²) in [4.78, 5) is 19.9. The molecule has 19 heavy (non-hydrogen) atoms. The van der Waals surface area contributed by atoms with E-state index >= 15 is 0 Å². The fourth-order valence-corrected chi connectivity index (χ4v) is 1.46. The van der Waals surface area contributed by atoms with Gasteiger partial charge in [0.15, 0.2) is 0 Å². The molecule has 2 aromatic rings. The van der Waals surface area contributed by atoms with Crippen LogP contribution < -0.4 is 10.6 Å². The predicted molar refractivity (Wildman–Crippen MR) is 70.7 cm³/mol. The second-order valence-electron chi connectivity index (χ2n) is 3.96. The molecule has 0 spiro atoms. The molecule has 2 rings (SSSR count). The van der Waals surface area contributed by atoms with Crippen LogP contribution in [0.15, 0.2) is 30.6 Å². The number of benzene rings is 1. The van der Waals surface area contributed by atoms with E-state index in [1.54, 1.807) is 26.1 Å². The number of nitrogens with zero attached hydrogens (tertiary/aromatic N) is 2. The number of anilines is 2. The van der Waals surface area contributed by atoms with Crippen LogP contribution in [0.2, 0.25) is 0 Å². The summed E-state index contributed by atoms with van der Waals surface area (Å²) in [6, 6.07) is 4.49. The molecule has 0 saturated carbocycles. The van der Waals surface area contributed by atoms with E-state index in [0.29, 0.717) is 17.1 Å². The molecule has 0 aliphatic rings. The van der Waals surface area contributed by atoms with E-state index in [4.69, 9.17) is 0 Å². The number of hydrogen-bond donors (Lipinski definition) is 2. The molecule has 0 fully saturated rings. The van der Waals surface area contributed by atoms with Crippen molar-refractivity contribution in [1.82, 2.24) is 9.97 Å². The smallest absolute Gasteiger partial charge is 0.275 e. The number of rotatable bonds is 3. The van der Waals surface area contributed by atoms with Crippen LogP contribution in [-0.4, -0.2) is 22.9 Å². The third-order valence-corrected chi connectivity index (χ3v) is 2.55. The van der Waals surface area contributed by atoms with Gasteiger partial charge in [-0.25, -0.2) is 9.37 Å². The summed E-state index contributed by atoms with van der Waals surface area (Å²) in [7, 11) is 1.68. The van der Waals surface area contributed by atoms with E-state index in [1.165, 1.54) is 18.5 Å². The minimum absolute atomic E-state index is 0.160. The third-order valence-electron chi connectivity index (χ3n) is 2.55. The standard InChI is InChI=1S/C13H13FN4O/c1-8-3-4-9(5-10(8)14)17-13(19)11-6-16-7-12(15-2)18-11/h3-7H,1-2H3,(H,15,18)(H,17,19). The average molecular weight is 260 g/mol. The van der Waals surface area contributed by atoms with E-state index in [0.717, 1.165) is 0 Å². The number of nitrogens with one attached hydrogen (secondary N) is 2. The number of amides is 1. The molecule has 0 unspecified atom stereocenters. The van der Waals surface area contributed by atoms with Gasteiger partial charge in [0.1, 0.15) is 17.3 Å². The van der Waals surface area contributed by atoms with Crippen LogP contribution in [0.3, 0.4) is 0 Å². The van der Waals surface area contributed by atoms with Crippen molar-refractivity contribution < 1.29 is 9.18 Å². The van der Waals surface area contributed by atoms with E-state index in [-0.39, 0.29) is 11.5 Å². The van der Waals surface area contributed by atoms with E-state index in [2.05, 4.69) is 20.6 Å². The van der Waals surface area contributed by atoms with Gasteiger partial charge in [-0.05, 0) is 24.6 Å². The van der Waals surface area contributed by atoms with Crippen LogP contribution in [0.5, 0.6) is 0 Å². The van der Waals surface area contributed by atoms with Crippen LogP contribution in [-0.2, 0) is 0 Å². The first-order chi connectivity index (χ1) is 9.10. The molecule has 1 aromatic carbocycles. The number of halogens is 1. The van der Waals surface area contributed by atoms with E-state index in [1.807, 2.05) is 0 Å². The summed E-state index contributed by atoms with van der Waals surface area (Å²) >= 11 is 0. The Morgan fingerprint density at radius 1 is 1.32 bits per heavy atom. The highest BCUT2D eigenvalue weighted by Gasteiger charge is 2.09. The fourth-order valence-electron chi connectivity index (χ4n) is 1.46. The number of carbonyl (C=O) groups excluding carboxylic acids is 1. The molecule has 6 heteroatoms. The maximum absolute atomic E-state index is 13.4. The molecule has 98 valence electrons. The van der Waals surface area contributed by atoms with Gasteiger partial charge in [0.25, 0.3) is 5.91 Å². The maximum atomic E-state index is 13.4. The molecular formula is C13H13FN4O. The van der Waals surface area contributed by atoms with Crippen molar-refractivity contribution in [1.29, 1.82) is 0 Å². The third kappa shape index (κ3) is 3.04. The zero-order valence-electron chi connectivity index (χ0n) is 10.6. The largest absolute Gasteiger partial charge is 0.372 e. The van der Waals surface area contributed by atoms with Crippen LogP contribution in [0, 0.1) is 12.7 Å². The molecule has 2 N–H and O–H groups in total. The van der Waals surface area contributed by atoms with Crippen molar-refractivity contribution in [2.45, 2.75) is 6.92 Å². The van der Waals surface area contributed by atoms with E-state index in [9.17, 15) is 9.18 Å². The van der Waals surface area contributed by atoms with Crippen LogP contribution in [0.4, 0.5) is 15.9 Å². The van der Waals surface area contributed by atoms with Crippen molar-refractivity contribution in [2.24, 2.45) is 0 Å². The zero-order chi connectivity index (χ0) is 13.8. The lowest BCUT2D eigenvalue weighted by molar-refractivity contribution is 0.102. The Kier molecular flexibility index (Phi) is 3.70. The highest BCUT2D eigenvalue weighted by Crippen LogP contribution is 2.14. The lowest BCUT2D eigenvalue weighted by Crippen LogP contribution is -2.15. The van der Waals surface area contributed by atoms with Gasteiger partial charge >= 0.3 is 0 Å². The molecule has 1 amide bonds. The maximum Gasteiger partial charge on any atom is 0.275 e. The van der Waals surface area contributed by atoms with Crippen LogP contribution in [0.1, 0.15) is 16.1 Å². The number of hydrogen-bond acceptors (Lipinski definition) is 4. The van der Waals surface area contributed by atoms with Gasteiger partial charge in [-0.15, -0.1) is 0 Å². The highest BCUT2D eigenvalue weighted by molar-refractivity contribution is 6.02. The minimum atomic E-state index is -0.437. The number of carbonyl (C=O) groups is 1. The van der Waals surface area contributed by atoms with Gasteiger partial charge in [-0.2, -0.15) is 0 Å². The fraction of sp³-hybridized carbons (Fsp3) is 0.154. The summed E-state index contributed by atoms with van der Waals surface area (Å²) in [6.45, 7) is 1.66. The molecule has 0 aliphatic heterocycles. The number of aryl methyl sites for hydroxylation is 1. The van der Waals surface area contributed by atoms with Gasteiger partial charge in [-0.1, -0.05) is 6.07 Å². The topological polar surface area (TPSA) is 66.9 Å². The van der Waals surface area contributed by atoms with Gasteiger partial charge in [0, 0.05) is 12.7 Å². The first kappa shape index (κ1) is 12.9. The monoisotopic (exact) mass is 260 g/mol. The lowest BCUT2D eigenvalue weighted by Gasteiger charge is -2.06. The first-order valence-corrected chi connectivity index (χ1v) is 5.67. The van der Waals surface area contributed by atoms with Crippen LogP contribution >= 0.6 is 0 Å². The minimum Gasteiger partial charge on any atom is -0.372 e. The Balaban J connectivity index is 2.18. The predicted octanol–water partition coefficient (Wildman–Crippen LogP) is 2.22. The molecule has 0 aliphatic carbocycles. The van der Waals surface area contributed by atoms with Crippen molar-refractivity contribution >= 4 is 17.4 Å². The highest BCUT2D eigenvalue weighted by atomic mass is 19.1.